The van der Waals surface area contributed by atoms with Gasteiger partial charge in [0.15, 0.2) is 17.2 Å². The van der Waals surface area contributed by atoms with Crippen LogP contribution in [0.4, 0.5) is 11.4 Å². The van der Waals surface area contributed by atoms with Crippen molar-refractivity contribution in [1.29, 1.82) is 5.26 Å². The highest BCUT2D eigenvalue weighted by molar-refractivity contribution is 6.39. The van der Waals surface area contributed by atoms with Crippen LogP contribution in [-0.4, -0.2) is 75.4 Å². The lowest BCUT2D eigenvalue weighted by atomic mass is 10.1. The first-order chi connectivity index (χ1) is 17.4. The van der Waals surface area contributed by atoms with E-state index in [1.165, 1.54) is 13.3 Å². The van der Waals surface area contributed by atoms with Gasteiger partial charge in [-0.1, -0.05) is 23.2 Å². The van der Waals surface area contributed by atoms with Gasteiger partial charge in [-0.15, -0.1) is 0 Å². The molecule has 1 aromatic heterocycles. The van der Waals surface area contributed by atoms with E-state index in [4.69, 9.17) is 37.4 Å². The van der Waals surface area contributed by atoms with E-state index in [1.807, 2.05) is 12.1 Å². The van der Waals surface area contributed by atoms with Gasteiger partial charge in [0, 0.05) is 50.4 Å². The van der Waals surface area contributed by atoms with Gasteiger partial charge in [0.05, 0.1) is 48.3 Å². The van der Waals surface area contributed by atoms with Gasteiger partial charge in [0.25, 0.3) is 0 Å². The van der Waals surface area contributed by atoms with Gasteiger partial charge in [-0.3, -0.25) is 4.98 Å². The van der Waals surface area contributed by atoms with Crippen LogP contribution in [0.25, 0.3) is 10.9 Å². The average Bonchev–Trinajstić information content (AvgIpc) is 2.89. The van der Waals surface area contributed by atoms with Crippen LogP contribution in [0, 0.1) is 11.3 Å². The number of likely N-dealkylation sites (N-methyl/N-ethyl adjacent to an activating group) is 1. The second kappa shape index (κ2) is 11.8. The quantitative estimate of drug-likeness (QED) is 0.379. The molecule has 8 nitrogen and oxygen atoms in total. The fourth-order valence-corrected chi connectivity index (χ4v) is 4.76. The van der Waals surface area contributed by atoms with E-state index in [1.54, 1.807) is 19.2 Å². The van der Waals surface area contributed by atoms with Gasteiger partial charge < -0.3 is 29.3 Å². The number of halogens is 2. The first kappa shape index (κ1) is 26.1. The van der Waals surface area contributed by atoms with Crippen molar-refractivity contribution in [2.45, 2.75) is 6.42 Å². The third kappa shape index (κ3) is 5.71. The zero-order valence-corrected chi connectivity index (χ0v) is 22.1. The molecule has 1 fully saturated rings. The number of rotatable bonds is 9. The molecule has 2 heterocycles. The molecular formula is C26H29Cl2N5O3. The average molecular weight is 530 g/mol. The summed E-state index contributed by atoms with van der Waals surface area (Å²) < 4.78 is 17.0. The number of methoxy groups -OCH3 is 2. The number of anilines is 2. The van der Waals surface area contributed by atoms with Crippen molar-refractivity contribution in [3.63, 3.8) is 0 Å². The summed E-state index contributed by atoms with van der Waals surface area (Å²) in [5.41, 5.74) is 2.11. The Balaban J connectivity index is 1.57. The van der Waals surface area contributed by atoms with Crippen LogP contribution in [0.1, 0.15) is 12.0 Å². The smallest absolute Gasteiger partial charge is 0.163 e. The molecule has 2 aromatic carbocycles. The van der Waals surface area contributed by atoms with Gasteiger partial charge in [-0.2, -0.15) is 5.26 Å². The molecule has 0 unspecified atom stereocenters. The van der Waals surface area contributed by atoms with E-state index in [2.05, 4.69) is 33.2 Å². The van der Waals surface area contributed by atoms with Crippen molar-refractivity contribution >= 4 is 45.5 Å². The number of nitrogens with zero attached hydrogens (tertiary/aromatic N) is 4. The lowest BCUT2D eigenvalue weighted by Crippen LogP contribution is -2.44. The van der Waals surface area contributed by atoms with Gasteiger partial charge >= 0.3 is 0 Å². The summed E-state index contributed by atoms with van der Waals surface area (Å²) in [4.78, 5) is 9.28. The van der Waals surface area contributed by atoms with Gasteiger partial charge in [-0.05, 0) is 31.7 Å². The van der Waals surface area contributed by atoms with Crippen molar-refractivity contribution in [3.05, 3.63) is 46.1 Å². The molecule has 0 bridgehead atoms. The Morgan fingerprint density at radius 3 is 2.56 bits per heavy atom. The predicted octanol–water partition coefficient (Wildman–Crippen LogP) is 5.19. The van der Waals surface area contributed by atoms with E-state index in [-0.39, 0.29) is 0 Å². The van der Waals surface area contributed by atoms with Crippen molar-refractivity contribution in [2.75, 3.05) is 65.9 Å². The second-order valence-corrected chi connectivity index (χ2v) is 9.38. The maximum Gasteiger partial charge on any atom is 0.163 e. The van der Waals surface area contributed by atoms with Gasteiger partial charge in [0.1, 0.15) is 11.1 Å². The van der Waals surface area contributed by atoms with Crippen LogP contribution < -0.4 is 19.5 Å². The minimum atomic E-state index is 0.311. The lowest BCUT2D eigenvalue weighted by Gasteiger charge is -2.32. The zero-order valence-electron chi connectivity index (χ0n) is 20.6. The first-order valence-electron chi connectivity index (χ1n) is 11.7. The van der Waals surface area contributed by atoms with Crippen LogP contribution in [0.3, 0.4) is 0 Å². The van der Waals surface area contributed by atoms with Gasteiger partial charge in [0.2, 0.25) is 0 Å². The van der Waals surface area contributed by atoms with Crippen molar-refractivity contribution in [2.24, 2.45) is 0 Å². The number of pyridine rings is 1. The molecule has 0 saturated carbocycles. The summed E-state index contributed by atoms with van der Waals surface area (Å²) >= 11 is 12.7. The number of ether oxygens (including phenoxy) is 3. The highest BCUT2D eigenvalue weighted by atomic mass is 35.5. The van der Waals surface area contributed by atoms with Crippen LogP contribution in [0.5, 0.6) is 17.2 Å². The third-order valence-electron chi connectivity index (χ3n) is 6.26. The number of hydrogen-bond donors (Lipinski definition) is 1. The Labute approximate surface area is 221 Å². The molecule has 0 atom stereocenters. The van der Waals surface area contributed by atoms with E-state index in [0.717, 1.165) is 39.1 Å². The summed E-state index contributed by atoms with van der Waals surface area (Å²) in [6.45, 7) is 5.92. The van der Waals surface area contributed by atoms with Crippen molar-refractivity contribution < 1.29 is 14.2 Å². The molecule has 1 N–H and O–H groups in total. The second-order valence-electron chi connectivity index (χ2n) is 8.59. The van der Waals surface area contributed by atoms with Crippen LogP contribution >= 0.6 is 23.2 Å². The Morgan fingerprint density at radius 2 is 1.86 bits per heavy atom. The summed E-state index contributed by atoms with van der Waals surface area (Å²) in [5, 5.41) is 14.4. The van der Waals surface area contributed by atoms with E-state index in [0.29, 0.717) is 61.7 Å². The minimum Gasteiger partial charge on any atom is -0.494 e. The highest BCUT2D eigenvalue weighted by Crippen LogP contribution is 2.42. The number of fused-ring (bicyclic) bond motifs is 1. The third-order valence-corrected chi connectivity index (χ3v) is 6.93. The molecule has 4 rings (SSSR count). The molecule has 1 aliphatic rings. The van der Waals surface area contributed by atoms with Gasteiger partial charge in [-0.25, -0.2) is 0 Å². The molecule has 1 saturated heterocycles. The number of hydrogen-bond acceptors (Lipinski definition) is 8. The maximum absolute atomic E-state index is 9.75. The summed E-state index contributed by atoms with van der Waals surface area (Å²) in [6, 6.07) is 9.26. The topological polar surface area (TPSA) is 82.9 Å². The Hall–Kier alpha value is -2.96. The number of aromatic nitrogens is 1. The highest BCUT2D eigenvalue weighted by Gasteiger charge is 2.18. The summed E-state index contributed by atoms with van der Waals surface area (Å²) in [5.74, 6) is 1.52. The number of benzene rings is 2. The summed E-state index contributed by atoms with van der Waals surface area (Å²) in [6.07, 6.45) is 2.44. The Morgan fingerprint density at radius 1 is 1.08 bits per heavy atom. The molecule has 190 valence electrons. The largest absolute Gasteiger partial charge is 0.494 e. The number of piperazine rings is 1. The van der Waals surface area contributed by atoms with Crippen LogP contribution in [-0.2, 0) is 0 Å². The molecule has 0 radical (unpaired) electrons. The molecule has 0 spiro atoms. The Bertz CT molecular complexity index is 1270. The van der Waals surface area contributed by atoms with Crippen LogP contribution in [0.2, 0.25) is 10.0 Å². The number of nitrogens with one attached hydrogen (secondary N) is 1. The summed E-state index contributed by atoms with van der Waals surface area (Å²) in [7, 11) is 5.24. The van der Waals surface area contributed by atoms with Crippen LogP contribution in [0.15, 0.2) is 30.5 Å². The molecule has 3 aromatic rings. The SMILES string of the molecule is COc1cc2c(Nc3ccc(Cl)c(OC)c3Cl)c(C#N)cnc2cc1OCCCN1CCN(C)CC1. The van der Waals surface area contributed by atoms with E-state index < -0.39 is 0 Å². The molecule has 1 aliphatic heterocycles. The van der Waals surface area contributed by atoms with E-state index >= 15 is 0 Å². The molecule has 0 aliphatic carbocycles. The lowest BCUT2D eigenvalue weighted by molar-refractivity contribution is 0.145. The normalized spacial score (nSPS) is 14.4. The van der Waals surface area contributed by atoms with E-state index in [9.17, 15) is 5.26 Å². The fraction of sp³-hybridized carbons (Fsp3) is 0.385. The molecule has 36 heavy (non-hydrogen) atoms. The molecule has 10 heteroatoms. The standard InChI is InChI=1S/C26H29Cl2N5O3/c1-32-8-10-33(11-9-32)7-4-12-36-23-14-21-18(13-22(23)34-2)25(17(15-29)16-30-21)31-20-6-5-19(27)26(35-3)24(20)28/h5-6,13-14,16H,4,7-12H2,1-3H3,(H,30,31). The van der Waals surface area contributed by atoms with Crippen molar-refractivity contribution in [1.82, 2.24) is 14.8 Å². The van der Waals surface area contributed by atoms with Crippen molar-refractivity contribution in [3.8, 4) is 23.3 Å². The molecular weight excluding hydrogens is 501 g/mol. The minimum absolute atomic E-state index is 0.311. The first-order valence-corrected chi connectivity index (χ1v) is 12.4. The Kier molecular flexibility index (Phi) is 8.60. The maximum atomic E-state index is 9.75. The zero-order chi connectivity index (χ0) is 25.7. The monoisotopic (exact) mass is 529 g/mol. The predicted molar refractivity (Wildman–Crippen MR) is 143 cm³/mol. The molecule has 0 amide bonds. The number of nitriles is 1. The fourth-order valence-electron chi connectivity index (χ4n) is 4.18.